The van der Waals surface area contributed by atoms with E-state index in [2.05, 4.69) is 11.3 Å². The fraction of sp³-hybridized carbons (Fsp3) is 0.643. The first-order valence-corrected chi connectivity index (χ1v) is 6.56. The summed E-state index contributed by atoms with van der Waals surface area (Å²) in [6, 6.07) is 0. The molecule has 0 radical (unpaired) electrons. The molecule has 0 aromatic heterocycles. The number of hydrogen-bond acceptors (Lipinski definition) is 6. The Bertz CT molecular complexity index is 300. The van der Waals surface area contributed by atoms with E-state index in [0.29, 0.717) is 26.2 Å². The molecule has 6 nitrogen and oxygen atoms in total. The van der Waals surface area contributed by atoms with Gasteiger partial charge in [0.15, 0.2) is 6.29 Å². The summed E-state index contributed by atoms with van der Waals surface area (Å²) in [5.74, 6) is -0.359. The summed E-state index contributed by atoms with van der Waals surface area (Å²) in [6.45, 7) is 8.46. The second kappa shape index (κ2) is 12.5. The predicted octanol–water partition coefficient (Wildman–Crippen LogP) is 2.01. The fourth-order valence-electron chi connectivity index (χ4n) is 1.29. The molecule has 0 aromatic carbocycles. The van der Waals surface area contributed by atoms with Crippen LogP contribution in [0.1, 0.15) is 20.3 Å². The number of esters is 1. The Labute approximate surface area is 120 Å². The topological polar surface area (TPSA) is 63.2 Å². The van der Waals surface area contributed by atoms with Crippen molar-refractivity contribution in [3.63, 3.8) is 0 Å². The standard InChI is InChI=1S/C14H24O6/c1-5-8-12(14(15)16-4)20-11-13(18-7-3)19-10-9-17-6-2/h6,8,13H,2,5,7,9-11H2,1,3-4H3. The molecular weight excluding hydrogens is 264 g/mol. The molecule has 0 spiro atoms. The van der Waals surface area contributed by atoms with Crippen molar-refractivity contribution in [1.29, 1.82) is 0 Å². The van der Waals surface area contributed by atoms with Gasteiger partial charge in [0.25, 0.3) is 0 Å². The molecule has 20 heavy (non-hydrogen) atoms. The van der Waals surface area contributed by atoms with Crippen LogP contribution in [0, 0.1) is 0 Å². The van der Waals surface area contributed by atoms with E-state index in [1.54, 1.807) is 6.08 Å². The van der Waals surface area contributed by atoms with Crippen molar-refractivity contribution in [2.75, 3.05) is 33.5 Å². The highest BCUT2D eigenvalue weighted by Crippen LogP contribution is 2.06. The summed E-state index contributed by atoms with van der Waals surface area (Å²) in [4.78, 5) is 11.4. The van der Waals surface area contributed by atoms with Crippen molar-refractivity contribution in [3.8, 4) is 0 Å². The average molecular weight is 288 g/mol. The molecule has 116 valence electrons. The van der Waals surface area contributed by atoms with Crippen molar-refractivity contribution in [1.82, 2.24) is 0 Å². The Morgan fingerprint density at radius 3 is 2.55 bits per heavy atom. The highest BCUT2D eigenvalue weighted by molar-refractivity contribution is 5.86. The highest BCUT2D eigenvalue weighted by atomic mass is 16.7. The number of ether oxygens (including phenoxy) is 5. The molecule has 0 saturated carbocycles. The minimum atomic E-state index is -0.571. The lowest BCUT2D eigenvalue weighted by atomic mass is 10.4. The van der Waals surface area contributed by atoms with Crippen LogP contribution in [0.2, 0.25) is 0 Å². The number of allylic oxidation sites excluding steroid dienone is 1. The van der Waals surface area contributed by atoms with E-state index < -0.39 is 12.3 Å². The predicted molar refractivity (Wildman–Crippen MR) is 73.9 cm³/mol. The molecule has 0 fully saturated rings. The number of rotatable bonds is 12. The third-order valence-corrected chi connectivity index (χ3v) is 2.13. The molecule has 0 bridgehead atoms. The van der Waals surface area contributed by atoms with Crippen LogP contribution in [0.5, 0.6) is 0 Å². The van der Waals surface area contributed by atoms with Gasteiger partial charge in [-0.05, 0) is 19.4 Å². The maximum atomic E-state index is 11.4. The molecular formula is C14H24O6. The summed E-state index contributed by atoms with van der Waals surface area (Å²) < 4.78 is 25.7. The lowest BCUT2D eigenvalue weighted by Crippen LogP contribution is -2.26. The Kier molecular flexibility index (Phi) is 11.5. The van der Waals surface area contributed by atoms with Gasteiger partial charge >= 0.3 is 5.97 Å². The second-order valence-corrected chi connectivity index (χ2v) is 3.57. The molecule has 0 saturated heterocycles. The Balaban J connectivity index is 4.24. The Morgan fingerprint density at radius 2 is 2.00 bits per heavy atom. The SMILES string of the molecule is C=COCCOC(COC(=CCC)C(=O)OC)OCC. The van der Waals surface area contributed by atoms with Gasteiger partial charge in [-0.25, -0.2) is 4.79 Å². The maximum Gasteiger partial charge on any atom is 0.372 e. The molecule has 1 unspecified atom stereocenters. The number of carbonyl (C=O) groups is 1. The minimum Gasteiger partial charge on any atom is -0.499 e. The summed E-state index contributed by atoms with van der Waals surface area (Å²) in [5, 5.41) is 0. The largest absolute Gasteiger partial charge is 0.499 e. The van der Waals surface area contributed by atoms with Crippen LogP contribution in [-0.2, 0) is 28.5 Å². The van der Waals surface area contributed by atoms with Gasteiger partial charge < -0.3 is 23.7 Å². The van der Waals surface area contributed by atoms with Crippen molar-refractivity contribution in [2.24, 2.45) is 0 Å². The third kappa shape index (κ3) is 8.55. The van der Waals surface area contributed by atoms with Crippen molar-refractivity contribution >= 4 is 5.97 Å². The lowest BCUT2D eigenvalue weighted by Gasteiger charge is -2.18. The fourth-order valence-corrected chi connectivity index (χ4v) is 1.29. The molecule has 0 heterocycles. The van der Waals surface area contributed by atoms with Crippen LogP contribution in [0.15, 0.2) is 24.7 Å². The first kappa shape index (κ1) is 18.5. The molecule has 0 aromatic rings. The van der Waals surface area contributed by atoms with E-state index in [-0.39, 0.29) is 12.4 Å². The van der Waals surface area contributed by atoms with Gasteiger partial charge in [0.2, 0.25) is 5.76 Å². The van der Waals surface area contributed by atoms with Gasteiger partial charge in [-0.3, -0.25) is 0 Å². The van der Waals surface area contributed by atoms with E-state index >= 15 is 0 Å². The number of hydrogen-bond donors (Lipinski definition) is 0. The van der Waals surface area contributed by atoms with Crippen molar-refractivity contribution < 1.29 is 28.5 Å². The van der Waals surface area contributed by atoms with Crippen molar-refractivity contribution in [2.45, 2.75) is 26.6 Å². The summed E-state index contributed by atoms with van der Waals surface area (Å²) in [7, 11) is 1.30. The zero-order chi connectivity index (χ0) is 15.2. The first-order valence-electron chi connectivity index (χ1n) is 6.56. The molecule has 0 aliphatic carbocycles. The number of carbonyl (C=O) groups excluding carboxylic acids is 1. The molecule has 0 aliphatic rings. The van der Waals surface area contributed by atoms with E-state index in [4.69, 9.17) is 18.9 Å². The van der Waals surface area contributed by atoms with E-state index in [1.165, 1.54) is 13.4 Å². The third-order valence-electron chi connectivity index (χ3n) is 2.13. The van der Waals surface area contributed by atoms with Crippen LogP contribution in [-0.4, -0.2) is 45.8 Å². The molecule has 0 aliphatic heterocycles. The van der Waals surface area contributed by atoms with Gasteiger partial charge in [0, 0.05) is 6.61 Å². The Morgan fingerprint density at radius 1 is 1.25 bits per heavy atom. The van der Waals surface area contributed by atoms with Gasteiger partial charge in [0.1, 0.15) is 13.2 Å². The highest BCUT2D eigenvalue weighted by Gasteiger charge is 2.15. The summed E-state index contributed by atoms with van der Waals surface area (Å²) >= 11 is 0. The summed E-state index contributed by atoms with van der Waals surface area (Å²) in [5.41, 5.74) is 0. The molecule has 6 heteroatoms. The minimum absolute atomic E-state index is 0.100. The van der Waals surface area contributed by atoms with Gasteiger partial charge in [-0.1, -0.05) is 13.5 Å². The maximum absolute atomic E-state index is 11.4. The zero-order valence-corrected chi connectivity index (χ0v) is 12.4. The summed E-state index contributed by atoms with van der Waals surface area (Å²) in [6.07, 6.45) is 3.08. The molecule has 0 amide bonds. The van der Waals surface area contributed by atoms with Crippen LogP contribution in [0.3, 0.4) is 0 Å². The molecule has 0 N–H and O–H groups in total. The number of methoxy groups -OCH3 is 1. The van der Waals surface area contributed by atoms with E-state index in [0.717, 1.165) is 0 Å². The van der Waals surface area contributed by atoms with Crippen molar-refractivity contribution in [3.05, 3.63) is 24.7 Å². The van der Waals surface area contributed by atoms with E-state index in [9.17, 15) is 4.79 Å². The van der Waals surface area contributed by atoms with Crippen LogP contribution in [0.25, 0.3) is 0 Å². The first-order chi connectivity index (χ1) is 9.69. The lowest BCUT2D eigenvalue weighted by molar-refractivity contribution is -0.171. The van der Waals surface area contributed by atoms with Gasteiger partial charge in [-0.2, -0.15) is 0 Å². The quantitative estimate of drug-likeness (QED) is 0.180. The average Bonchev–Trinajstić information content (AvgIpc) is 2.46. The van der Waals surface area contributed by atoms with Gasteiger partial charge in [-0.15, -0.1) is 0 Å². The van der Waals surface area contributed by atoms with Gasteiger partial charge in [0.05, 0.1) is 20.0 Å². The molecule has 1 atom stereocenters. The van der Waals surface area contributed by atoms with E-state index in [1.807, 2.05) is 13.8 Å². The monoisotopic (exact) mass is 288 g/mol. The van der Waals surface area contributed by atoms with Crippen LogP contribution >= 0.6 is 0 Å². The smallest absolute Gasteiger partial charge is 0.372 e. The Hall–Kier alpha value is -1.53. The zero-order valence-electron chi connectivity index (χ0n) is 12.4. The molecule has 0 rings (SSSR count). The van der Waals surface area contributed by atoms with Crippen LogP contribution in [0.4, 0.5) is 0 Å². The van der Waals surface area contributed by atoms with Crippen LogP contribution < -0.4 is 0 Å². The normalized spacial score (nSPS) is 12.7. The second-order valence-electron chi connectivity index (χ2n) is 3.57.